The van der Waals surface area contributed by atoms with E-state index >= 15 is 0 Å². The molecule has 15 heavy (non-hydrogen) atoms. The Hall–Kier alpha value is -1.23. The highest BCUT2D eigenvalue weighted by Gasteiger charge is 1.97. The average molecular weight is 225 g/mol. The SMILES string of the molecule is CN.CO.O=Cc1cc2ccccc2s1. The molecule has 0 radical (unpaired) electrons. The molecule has 0 saturated carbocycles. The molecule has 4 heteroatoms. The van der Waals surface area contributed by atoms with E-state index in [1.807, 2.05) is 30.3 Å². The first kappa shape index (κ1) is 13.8. The van der Waals surface area contributed by atoms with Crippen molar-refractivity contribution in [1.29, 1.82) is 0 Å². The number of hydrogen-bond donors (Lipinski definition) is 2. The van der Waals surface area contributed by atoms with Crippen molar-refractivity contribution in [3.8, 4) is 0 Å². The molecule has 0 spiro atoms. The van der Waals surface area contributed by atoms with E-state index in [-0.39, 0.29) is 0 Å². The van der Waals surface area contributed by atoms with Crippen molar-refractivity contribution in [2.75, 3.05) is 14.2 Å². The summed E-state index contributed by atoms with van der Waals surface area (Å²) in [4.78, 5) is 11.2. The number of fused-ring (bicyclic) bond motifs is 1. The summed E-state index contributed by atoms with van der Waals surface area (Å²) in [5.41, 5.74) is 4.50. The van der Waals surface area contributed by atoms with Crippen LogP contribution in [0.1, 0.15) is 9.67 Å². The van der Waals surface area contributed by atoms with Gasteiger partial charge in [-0.25, -0.2) is 0 Å². The second-order valence-corrected chi connectivity index (χ2v) is 3.42. The molecule has 3 N–H and O–H groups in total. The van der Waals surface area contributed by atoms with Crippen LogP contribution in [0.15, 0.2) is 30.3 Å². The topological polar surface area (TPSA) is 63.3 Å². The normalized spacial score (nSPS) is 8.27. The lowest BCUT2D eigenvalue weighted by Gasteiger charge is -1.82. The van der Waals surface area contributed by atoms with Crippen LogP contribution in [0.2, 0.25) is 0 Å². The second kappa shape index (κ2) is 8.11. The molecule has 0 aliphatic carbocycles. The van der Waals surface area contributed by atoms with Gasteiger partial charge in [0, 0.05) is 11.8 Å². The van der Waals surface area contributed by atoms with Gasteiger partial charge in [-0.3, -0.25) is 4.79 Å². The molecule has 0 unspecified atom stereocenters. The summed E-state index contributed by atoms with van der Waals surface area (Å²) in [5, 5.41) is 8.15. The summed E-state index contributed by atoms with van der Waals surface area (Å²) < 4.78 is 1.18. The van der Waals surface area contributed by atoms with Gasteiger partial charge in [-0.2, -0.15) is 0 Å². The fraction of sp³-hybridized carbons (Fsp3) is 0.182. The van der Waals surface area contributed by atoms with Gasteiger partial charge in [-0.1, -0.05) is 18.2 Å². The van der Waals surface area contributed by atoms with Crippen LogP contribution in [0.25, 0.3) is 10.1 Å². The molecule has 0 amide bonds. The van der Waals surface area contributed by atoms with Gasteiger partial charge in [0.05, 0.1) is 4.88 Å². The zero-order valence-corrected chi connectivity index (χ0v) is 9.62. The highest BCUT2D eigenvalue weighted by molar-refractivity contribution is 7.20. The Morgan fingerprint density at radius 3 is 2.40 bits per heavy atom. The third kappa shape index (κ3) is 3.79. The summed E-state index contributed by atoms with van der Waals surface area (Å²) in [6.07, 6.45) is 0.894. The van der Waals surface area contributed by atoms with Gasteiger partial charge in [0.25, 0.3) is 0 Å². The molecule has 0 saturated heterocycles. The van der Waals surface area contributed by atoms with Crippen LogP contribution in [0.4, 0.5) is 0 Å². The first-order chi connectivity index (χ1) is 7.40. The van der Waals surface area contributed by atoms with Crippen molar-refractivity contribution in [3.05, 3.63) is 35.2 Å². The van der Waals surface area contributed by atoms with Gasteiger partial charge in [-0.15, -0.1) is 11.3 Å². The number of aliphatic hydroxyl groups excluding tert-OH is 1. The zero-order chi connectivity index (χ0) is 11.7. The van der Waals surface area contributed by atoms with Gasteiger partial charge in [-0.05, 0) is 24.6 Å². The molecule has 0 fully saturated rings. The third-order valence-corrected chi connectivity index (χ3v) is 2.60. The maximum absolute atomic E-state index is 10.4. The molecule has 1 aromatic heterocycles. The third-order valence-electron chi connectivity index (χ3n) is 1.56. The van der Waals surface area contributed by atoms with Crippen molar-refractivity contribution >= 4 is 27.7 Å². The predicted octanol–water partition coefficient (Wildman–Crippen LogP) is 1.90. The lowest BCUT2D eigenvalue weighted by Crippen LogP contribution is -1.69. The van der Waals surface area contributed by atoms with Crippen molar-refractivity contribution in [2.45, 2.75) is 0 Å². The number of hydrogen-bond acceptors (Lipinski definition) is 4. The molecule has 2 aromatic rings. The lowest BCUT2D eigenvalue weighted by atomic mass is 10.2. The fourth-order valence-electron chi connectivity index (χ4n) is 1.06. The summed E-state index contributed by atoms with van der Waals surface area (Å²) in [6.45, 7) is 0. The van der Waals surface area contributed by atoms with Crippen molar-refractivity contribution < 1.29 is 9.90 Å². The second-order valence-electron chi connectivity index (χ2n) is 2.30. The molecule has 1 aromatic carbocycles. The Morgan fingerprint density at radius 1 is 1.27 bits per heavy atom. The van der Waals surface area contributed by atoms with E-state index in [4.69, 9.17) is 5.11 Å². The number of aliphatic hydroxyl groups is 1. The minimum absolute atomic E-state index is 0.797. The van der Waals surface area contributed by atoms with Crippen molar-refractivity contribution in [3.63, 3.8) is 0 Å². The molecule has 1 heterocycles. The number of carbonyl (C=O) groups is 1. The highest BCUT2D eigenvalue weighted by Crippen LogP contribution is 2.23. The maximum atomic E-state index is 10.4. The Labute approximate surface area is 93.2 Å². The molecule has 0 aliphatic rings. The molecule has 3 nitrogen and oxygen atoms in total. The molecule has 0 bridgehead atoms. The van der Waals surface area contributed by atoms with Crippen LogP contribution in [-0.4, -0.2) is 25.6 Å². The monoisotopic (exact) mass is 225 g/mol. The lowest BCUT2D eigenvalue weighted by molar-refractivity contribution is 0.112. The predicted molar refractivity (Wildman–Crippen MR) is 65.5 cm³/mol. The zero-order valence-electron chi connectivity index (χ0n) is 8.81. The van der Waals surface area contributed by atoms with Crippen LogP contribution in [0.3, 0.4) is 0 Å². The van der Waals surface area contributed by atoms with E-state index in [0.717, 1.165) is 23.7 Å². The summed E-state index contributed by atoms with van der Waals surface area (Å²) in [7, 11) is 2.50. The van der Waals surface area contributed by atoms with Crippen LogP contribution in [-0.2, 0) is 0 Å². The van der Waals surface area contributed by atoms with E-state index in [1.165, 1.54) is 23.1 Å². The van der Waals surface area contributed by atoms with Crippen LogP contribution < -0.4 is 5.73 Å². The molecule has 2 rings (SSSR count). The first-order valence-electron chi connectivity index (χ1n) is 4.36. The van der Waals surface area contributed by atoms with Gasteiger partial charge < -0.3 is 10.8 Å². The van der Waals surface area contributed by atoms with Gasteiger partial charge in [0.1, 0.15) is 0 Å². The Morgan fingerprint density at radius 2 is 1.87 bits per heavy atom. The first-order valence-corrected chi connectivity index (χ1v) is 5.18. The van der Waals surface area contributed by atoms with Crippen molar-refractivity contribution in [1.82, 2.24) is 0 Å². The fourth-order valence-corrected chi connectivity index (χ4v) is 1.94. The number of nitrogens with two attached hydrogens (primary N) is 1. The molecular weight excluding hydrogens is 210 g/mol. The standard InChI is InChI=1S/C9H6OS.CH5N.CH4O/c10-6-8-5-7-3-1-2-4-9(7)11-8;2*1-2/h1-6H;2H2,1H3;2H,1H3. The van der Waals surface area contributed by atoms with Crippen LogP contribution in [0.5, 0.6) is 0 Å². The number of thiophene rings is 1. The maximum Gasteiger partial charge on any atom is 0.160 e. The largest absolute Gasteiger partial charge is 0.400 e. The Bertz CT molecular complexity index is 365. The number of rotatable bonds is 1. The van der Waals surface area contributed by atoms with Crippen LogP contribution in [0, 0.1) is 0 Å². The summed E-state index contributed by atoms with van der Waals surface area (Å²) in [5.74, 6) is 0. The van der Waals surface area contributed by atoms with E-state index in [2.05, 4.69) is 5.73 Å². The minimum atomic E-state index is 0.797. The average Bonchev–Trinajstić information content (AvgIpc) is 2.77. The quantitative estimate of drug-likeness (QED) is 0.728. The molecule has 0 aliphatic heterocycles. The molecule has 0 atom stereocenters. The summed E-state index contributed by atoms with van der Waals surface area (Å²) in [6, 6.07) is 9.90. The van der Waals surface area contributed by atoms with E-state index < -0.39 is 0 Å². The van der Waals surface area contributed by atoms with Gasteiger partial charge in [0.2, 0.25) is 0 Å². The number of benzene rings is 1. The summed E-state index contributed by atoms with van der Waals surface area (Å²) >= 11 is 1.53. The van der Waals surface area contributed by atoms with Crippen LogP contribution >= 0.6 is 11.3 Å². The van der Waals surface area contributed by atoms with E-state index in [0.29, 0.717) is 0 Å². The van der Waals surface area contributed by atoms with Crippen molar-refractivity contribution in [2.24, 2.45) is 5.73 Å². The van der Waals surface area contributed by atoms with E-state index in [9.17, 15) is 4.79 Å². The van der Waals surface area contributed by atoms with Gasteiger partial charge in [0.15, 0.2) is 6.29 Å². The number of carbonyl (C=O) groups excluding carboxylic acids is 1. The number of aldehydes is 1. The minimum Gasteiger partial charge on any atom is -0.400 e. The molecule has 82 valence electrons. The highest BCUT2D eigenvalue weighted by atomic mass is 32.1. The van der Waals surface area contributed by atoms with E-state index in [1.54, 1.807) is 0 Å². The molecular formula is C11H15NO2S. The Kier molecular flexibility index (Phi) is 7.44. The smallest absolute Gasteiger partial charge is 0.160 e. The Balaban J connectivity index is 0.000000442. The van der Waals surface area contributed by atoms with Gasteiger partial charge >= 0.3 is 0 Å².